The molecule has 0 bridgehead atoms. The Balaban J connectivity index is 1.54. The van der Waals surface area contributed by atoms with E-state index in [-0.39, 0.29) is 5.60 Å². The molecule has 2 N–H and O–H groups in total. The van der Waals surface area contributed by atoms with Crippen LogP contribution in [0.3, 0.4) is 0 Å². The molecule has 0 radical (unpaired) electrons. The van der Waals surface area contributed by atoms with Crippen molar-refractivity contribution in [1.82, 2.24) is 10.2 Å². The Labute approximate surface area is 130 Å². The third-order valence-electron chi connectivity index (χ3n) is 6.37. The topological polar surface area (TPSA) is 35.5 Å². The van der Waals surface area contributed by atoms with Gasteiger partial charge in [-0.15, -0.1) is 0 Å². The van der Waals surface area contributed by atoms with Crippen molar-refractivity contribution in [3.63, 3.8) is 0 Å². The van der Waals surface area contributed by atoms with E-state index in [9.17, 15) is 5.11 Å². The van der Waals surface area contributed by atoms with Gasteiger partial charge in [0.15, 0.2) is 0 Å². The quantitative estimate of drug-likeness (QED) is 0.791. The van der Waals surface area contributed by atoms with Crippen LogP contribution >= 0.6 is 0 Å². The fourth-order valence-electron chi connectivity index (χ4n) is 4.29. The van der Waals surface area contributed by atoms with Crippen molar-refractivity contribution >= 4 is 0 Å². The van der Waals surface area contributed by atoms with Crippen LogP contribution in [-0.2, 0) is 0 Å². The lowest BCUT2D eigenvalue weighted by Crippen LogP contribution is -2.55. The van der Waals surface area contributed by atoms with Crippen LogP contribution in [-0.4, -0.2) is 47.8 Å². The Morgan fingerprint density at radius 1 is 1.24 bits per heavy atom. The summed E-state index contributed by atoms with van der Waals surface area (Å²) in [6.45, 7) is 9.32. The molecule has 3 rings (SSSR count). The van der Waals surface area contributed by atoms with Gasteiger partial charge in [-0.05, 0) is 43.9 Å². The number of aliphatic hydroxyl groups is 1. The van der Waals surface area contributed by atoms with Crippen molar-refractivity contribution in [2.75, 3.05) is 26.2 Å². The molecule has 0 aromatic heterocycles. The monoisotopic (exact) mass is 294 g/mol. The van der Waals surface area contributed by atoms with Crippen molar-refractivity contribution in [2.24, 2.45) is 11.3 Å². The minimum atomic E-state index is -0.330. The molecule has 122 valence electrons. The molecular formula is C18H34N2O. The molecule has 0 spiro atoms. The van der Waals surface area contributed by atoms with Crippen LogP contribution in [0, 0.1) is 11.3 Å². The molecule has 2 aliphatic carbocycles. The molecule has 3 unspecified atom stereocenters. The second kappa shape index (κ2) is 6.17. The summed E-state index contributed by atoms with van der Waals surface area (Å²) in [6, 6.07) is 0.806. The van der Waals surface area contributed by atoms with Crippen molar-refractivity contribution in [1.29, 1.82) is 0 Å². The summed E-state index contributed by atoms with van der Waals surface area (Å²) < 4.78 is 0. The summed E-state index contributed by atoms with van der Waals surface area (Å²) in [5, 5.41) is 14.5. The average Bonchev–Trinajstić information content (AvgIpc) is 3.30. The molecule has 3 aliphatic rings. The molecule has 0 amide bonds. The molecule has 21 heavy (non-hydrogen) atoms. The number of nitrogens with one attached hydrogen (secondary N) is 1. The molecule has 1 heterocycles. The van der Waals surface area contributed by atoms with E-state index in [0.29, 0.717) is 11.3 Å². The zero-order chi connectivity index (χ0) is 14.9. The Kier molecular flexibility index (Phi) is 4.63. The Morgan fingerprint density at radius 2 is 2.05 bits per heavy atom. The van der Waals surface area contributed by atoms with E-state index in [1.165, 1.54) is 45.1 Å². The summed E-state index contributed by atoms with van der Waals surface area (Å²) in [6.07, 6.45) is 9.79. The van der Waals surface area contributed by atoms with Crippen molar-refractivity contribution < 1.29 is 5.11 Å². The number of hydrogen-bond donors (Lipinski definition) is 2. The summed E-state index contributed by atoms with van der Waals surface area (Å²) in [5.74, 6) is 0.525. The summed E-state index contributed by atoms with van der Waals surface area (Å²) in [5.41, 5.74) is 0.0519. The van der Waals surface area contributed by atoms with Crippen LogP contribution in [0.1, 0.15) is 65.2 Å². The lowest BCUT2D eigenvalue weighted by Gasteiger charge is -2.49. The number of fused-ring (bicyclic) bond motifs is 1. The van der Waals surface area contributed by atoms with Crippen LogP contribution in [0.4, 0.5) is 0 Å². The van der Waals surface area contributed by atoms with Gasteiger partial charge in [0.05, 0.1) is 5.60 Å². The highest BCUT2D eigenvalue weighted by molar-refractivity contribution is 4.97. The molecule has 1 saturated heterocycles. The lowest BCUT2D eigenvalue weighted by atomic mass is 9.71. The molecule has 0 aromatic rings. The van der Waals surface area contributed by atoms with Crippen LogP contribution in [0.15, 0.2) is 0 Å². The number of hydrogen-bond acceptors (Lipinski definition) is 3. The van der Waals surface area contributed by atoms with Gasteiger partial charge < -0.3 is 15.3 Å². The predicted octanol–water partition coefficient (Wildman–Crippen LogP) is 2.78. The normalized spacial score (nSPS) is 37.0. The first kappa shape index (κ1) is 15.8. The van der Waals surface area contributed by atoms with Crippen molar-refractivity contribution in [2.45, 2.75) is 76.9 Å². The van der Waals surface area contributed by atoms with Gasteiger partial charge in [-0.3, -0.25) is 0 Å². The molecule has 3 atom stereocenters. The fourth-order valence-corrected chi connectivity index (χ4v) is 4.29. The SMILES string of the molecule is CCC(C)(CNC1CC1)CN1CCC2(O)CCCCC2C1. The minimum absolute atomic E-state index is 0.330. The van der Waals surface area contributed by atoms with E-state index in [1.807, 2.05) is 0 Å². The first-order valence-corrected chi connectivity index (χ1v) is 9.21. The maximum Gasteiger partial charge on any atom is 0.0700 e. The zero-order valence-electron chi connectivity index (χ0n) is 14.0. The molecule has 3 fully saturated rings. The van der Waals surface area contributed by atoms with E-state index in [4.69, 9.17) is 0 Å². The number of rotatable bonds is 6. The van der Waals surface area contributed by atoms with Gasteiger partial charge in [-0.2, -0.15) is 0 Å². The van der Waals surface area contributed by atoms with Crippen LogP contribution in [0.25, 0.3) is 0 Å². The van der Waals surface area contributed by atoms with Gasteiger partial charge in [-0.25, -0.2) is 0 Å². The lowest BCUT2D eigenvalue weighted by molar-refractivity contribution is -0.100. The Morgan fingerprint density at radius 3 is 2.76 bits per heavy atom. The summed E-state index contributed by atoms with van der Waals surface area (Å²) >= 11 is 0. The van der Waals surface area contributed by atoms with Gasteiger partial charge >= 0.3 is 0 Å². The number of piperidine rings is 1. The molecule has 3 nitrogen and oxygen atoms in total. The first-order chi connectivity index (χ1) is 10.0. The maximum absolute atomic E-state index is 10.8. The van der Waals surface area contributed by atoms with Gasteiger partial charge in [0.25, 0.3) is 0 Å². The second-order valence-electron chi connectivity index (χ2n) is 8.35. The molecule has 3 heteroatoms. The molecular weight excluding hydrogens is 260 g/mol. The van der Waals surface area contributed by atoms with Gasteiger partial charge in [-0.1, -0.05) is 26.7 Å². The van der Waals surface area contributed by atoms with Gasteiger partial charge in [0.2, 0.25) is 0 Å². The highest BCUT2D eigenvalue weighted by Gasteiger charge is 2.43. The third kappa shape index (κ3) is 3.80. The second-order valence-corrected chi connectivity index (χ2v) is 8.35. The first-order valence-electron chi connectivity index (χ1n) is 9.21. The fraction of sp³-hybridized carbons (Fsp3) is 1.00. The van der Waals surface area contributed by atoms with Crippen LogP contribution in [0.2, 0.25) is 0 Å². The van der Waals surface area contributed by atoms with Crippen molar-refractivity contribution in [3.8, 4) is 0 Å². The Hall–Kier alpha value is -0.120. The molecule has 2 saturated carbocycles. The Bertz CT molecular complexity index is 357. The highest BCUT2D eigenvalue weighted by Crippen LogP contribution is 2.40. The summed E-state index contributed by atoms with van der Waals surface area (Å²) in [4.78, 5) is 2.64. The average molecular weight is 294 g/mol. The van der Waals surface area contributed by atoms with Crippen molar-refractivity contribution in [3.05, 3.63) is 0 Å². The maximum atomic E-state index is 10.8. The number of nitrogens with zero attached hydrogens (tertiary/aromatic N) is 1. The number of likely N-dealkylation sites (tertiary alicyclic amines) is 1. The van der Waals surface area contributed by atoms with Gasteiger partial charge in [0, 0.05) is 38.1 Å². The molecule has 1 aliphatic heterocycles. The summed E-state index contributed by atoms with van der Waals surface area (Å²) in [7, 11) is 0. The van der Waals surface area contributed by atoms with Gasteiger partial charge in [0.1, 0.15) is 0 Å². The highest BCUT2D eigenvalue weighted by atomic mass is 16.3. The van der Waals surface area contributed by atoms with Crippen LogP contribution in [0.5, 0.6) is 0 Å². The van der Waals surface area contributed by atoms with E-state index >= 15 is 0 Å². The van der Waals surface area contributed by atoms with Crippen LogP contribution < -0.4 is 5.32 Å². The predicted molar refractivity (Wildman–Crippen MR) is 87.4 cm³/mol. The smallest absolute Gasteiger partial charge is 0.0700 e. The van der Waals surface area contributed by atoms with E-state index < -0.39 is 0 Å². The largest absolute Gasteiger partial charge is 0.390 e. The minimum Gasteiger partial charge on any atom is -0.390 e. The zero-order valence-corrected chi connectivity index (χ0v) is 14.0. The standard InChI is InChI=1S/C18H34N2O/c1-3-17(2,13-19-16-7-8-16)14-20-11-10-18(21)9-5-4-6-15(18)12-20/h15-16,19,21H,3-14H2,1-2H3. The third-order valence-corrected chi connectivity index (χ3v) is 6.37. The van der Waals surface area contributed by atoms with E-state index in [0.717, 1.165) is 38.5 Å². The van der Waals surface area contributed by atoms with E-state index in [1.54, 1.807) is 0 Å². The molecule has 0 aromatic carbocycles. The van der Waals surface area contributed by atoms with E-state index in [2.05, 4.69) is 24.1 Å².